The zero-order chi connectivity index (χ0) is 26.1. The summed E-state index contributed by atoms with van der Waals surface area (Å²) in [6.07, 6.45) is -1.33. The van der Waals surface area contributed by atoms with Crippen molar-refractivity contribution in [3.05, 3.63) is 40.2 Å². The number of aliphatic hydroxyl groups is 3. The number of carboxylic acids is 1. The first kappa shape index (κ1) is 24.8. The molecule has 3 aliphatic rings. The molecule has 0 aromatic heterocycles. The molecule has 1 saturated carbocycles. The highest BCUT2D eigenvalue weighted by Crippen LogP contribution is 2.52. The van der Waals surface area contributed by atoms with Crippen molar-refractivity contribution in [2.75, 3.05) is 33.1 Å². The molecule has 0 radical (unpaired) electrons. The zero-order valence-corrected chi connectivity index (χ0v) is 19.8. The Morgan fingerprint density at radius 3 is 2.29 bits per heavy atom. The summed E-state index contributed by atoms with van der Waals surface area (Å²) < 4.78 is 0. The van der Waals surface area contributed by atoms with Crippen molar-refractivity contribution < 1.29 is 39.6 Å². The number of carbonyl (C=O) groups is 4. The van der Waals surface area contributed by atoms with E-state index in [1.54, 1.807) is 44.1 Å². The summed E-state index contributed by atoms with van der Waals surface area (Å²) in [5.74, 6) is -8.88. The maximum atomic E-state index is 13.7. The summed E-state index contributed by atoms with van der Waals surface area (Å²) in [5.41, 5.74) is 3.24. The zero-order valence-electron chi connectivity index (χ0n) is 19.8. The van der Waals surface area contributed by atoms with Gasteiger partial charge in [-0.2, -0.15) is 0 Å². The number of likely N-dealkylation sites (N-methyl/N-ethyl adjacent to an activating group) is 1. The average Bonchev–Trinajstić information content (AvgIpc) is 2.74. The number of hydrogen-bond acceptors (Lipinski definition) is 9. The van der Waals surface area contributed by atoms with Crippen LogP contribution >= 0.6 is 0 Å². The van der Waals surface area contributed by atoms with E-state index in [0.29, 0.717) is 11.3 Å². The number of anilines is 1. The number of Topliss-reactive ketones (excluding diaryl/α,β-unsaturated/α-hetero) is 2. The van der Waals surface area contributed by atoms with Crippen LogP contribution in [0.15, 0.2) is 23.5 Å². The quantitative estimate of drug-likeness (QED) is 0.342. The van der Waals surface area contributed by atoms with E-state index < -0.39 is 64.7 Å². The summed E-state index contributed by atoms with van der Waals surface area (Å²) in [6.45, 7) is 0. The van der Waals surface area contributed by atoms with Gasteiger partial charge in [-0.1, -0.05) is 0 Å². The van der Waals surface area contributed by atoms with Crippen LogP contribution in [0.2, 0.25) is 0 Å². The topological polar surface area (TPSA) is 182 Å². The maximum Gasteiger partial charge on any atom is 0.336 e. The number of nitrogens with two attached hydrogens (primary N) is 1. The molecule has 3 aliphatic carbocycles. The molecule has 0 heterocycles. The van der Waals surface area contributed by atoms with Crippen molar-refractivity contribution in [2.45, 2.75) is 30.6 Å². The Morgan fingerprint density at radius 2 is 1.77 bits per heavy atom. The summed E-state index contributed by atoms with van der Waals surface area (Å²) in [7, 11) is 6.71. The molecule has 35 heavy (non-hydrogen) atoms. The van der Waals surface area contributed by atoms with Crippen molar-refractivity contribution >= 4 is 29.1 Å². The molecule has 11 heteroatoms. The normalized spacial score (nSPS) is 32.1. The minimum absolute atomic E-state index is 0.0301. The van der Waals surface area contributed by atoms with Gasteiger partial charge in [-0.05, 0) is 50.6 Å². The van der Waals surface area contributed by atoms with E-state index in [9.17, 15) is 39.6 Å². The van der Waals surface area contributed by atoms with Gasteiger partial charge < -0.3 is 36.0 Å². The lowest BCUT2D eigenvalue weighted by molar-refractivity contribution is -0.178. The second-order valence-electron chi connectivity index (χ2n) is 9.98. The van der Waals surface area contributed by atoms with Crippen LogP contribution in [0, 0.1) is 17.8 Å². The Kier molecular flexibility index (Phi) is 5.78. The first-order valence-electron chi connectivity index (χ1n) is 11.2. The first-order valence-corrected chi connectivity index (χ1v) is 11.2. The van der Waals surface area contributed by atoms with Crippen LogP contribution in [0.4, 0.5) is 5.69 Å². The summed E-state index contributed by atoms with van der Waals surface area (Å²) in [6, 6.07) is 1.98. The molecule has 1 amide bonds. The molecule has 11 nitrogen and oxygen atoms in total. The number of aromatic carboxylic acids is 1. The van der Waals surface area contributed by atoms with E-state index in [1.165, 1.54) is 6.07 Å². The van der Waals surface area contributed by atoms with Crippen molar-refractivity contribution in [3.8, 4) is 0 Å². The fraction of sp³-hybridized carbons (Fsp3) is 0.500. The number of amides is 1. The minimum atomic E-state index is -2.64. The van der Waals surface area contributed by atoms with E-state index in [2.05, 4.69) is 0 Å². The second-order valence-corrected chi connectivity index (χ2v) is 9.98. The lowest BCUT2D eigenvalue weighted by atomic mass is 9.56. The van der Waals surface area contributed by atoms with Crippen molar-refractivity contribution in [1.29, 1.82) is 0 Å². The van der Waals surface area contributed by atoms with Gasteiger partial charge in [-0.15, -0.1) is 0 Å². The minimum Gasteiger partial charge on any atom is -0.508 e. The predicted molar refractivity (Wildman–Crippen MR) is 123 cm³/mol. The number of benzene rings is 1. The highest BCUT2D eigenvalue weighted by atomic mass is 16.4. The second kappa shape index (κ2) is 8.14. The molecular formula is C24H29N3O8. The average molecular weight is 488 g/mol. The van der Waals surface area contributed by atoms with Gasteiger partial charge in [0.05, 0.1) is 11.7 Å². The molecule has 6 N–H and O–H groups in total. The predicted octanol–water partition coefficient (Wildman–Crippen LogP) is -0.656. The van der Waals surface area contributed by atoms with E-state index in [0.717, 1.165) is 0 Å². The van der Waals surface area contributed by atoms with E-state index in [4.69, 9.17) is 5.73 Å². The number of allylic oxidation sites excluding steroid dienone is 1. The van der Waals surface area contributed by atoms with E-state index in [1.807, 2.05) is 0 Å². The summed E-state index contributed by atoms with van der Waals surface area (Å²) in [5, 5.41) is 43.5. The molecule has 1 fully saturated rings. The summed E-state index contributed by atoms with van der Waals surface area (Å²) in [4.78, 5) is 54.3. The third kappa shape index (κ3) is 3.29. The Labute approximate surface area is 201 Å². The van der Waals surface area contributed by atoms with E-state index >= 15 is 0 Å². The van der Waals surface area contributed by atoms with Crippen molar-refractivity contribution in [1.82, 2.24) is 4.90 Å². The summed E-state index contributed by atoms with van der Waals surface area (Å²) >= 11 is 0. The lowest BCUT2D eigenvalue weighted by Gasteiger charge is -2.53. The van der Waals surface area contributed by atoms with Crippen LogP contribution in [0.25, 0.3) is 0 Å². The molecule has 0 spiro atoms. The molecule has 0 bridgehead atoms. The van der Waals surface area contributed by atoms with Crippen LogP contribution in [0.5, 0.6) is 0 Å². The van der Waals surface area contributed by atoms with Crippen molar-refractivity contribution in [3.63, 3.8) is 0 Å². The number of ketones is 2. The van der Waals surface area contributed by atoms with Gasteiger partial charge in [0.1, 0.15) is 11.7 Å². The number of carbonyl (C=O) groups excluding carboxylic acids is 3. The SMILES string of the molecule is CN(C)c1ccc(C(=O)O)c2c1C[C@H]1C[C@H]3[C@H](N(C)C)C(O)C(C(N)=O)C(=O)[C@@]3(O)C(O)=C1C2=O. The van der Waals surface area contributed by atoms with Gasteiger partial charge in [-0.3, -0.25) is 14.4 Å². The number of fused-ring (bicyclic) bond motifs is 3. The van der Waals surface area contributed by atoms with Crippen LogP contribution in [0.1, 0.15) is 32.7 Å². The molecule has 6 atom stereocenters. The van der Waals surface area contributed by atoms with Crippen LogP contribution in [-0.4, -0.2) is 94.7 Å². The fourth-order valence-corrected chi connectivity index (χ4v) is 6.20. The van der Waals surface area contributed by atoms with E-state index in [-0.39, 0.29) is 29.5 Å². The molecular weight excluding hydrogens is 458 g/mol. The standard InChI is InChI=1S/C24H29N3O8/c1-26(2)13-6-5-10(23(33)34)15-11(13)7-9-8-12-17(27(3)4)19(29)16(22(25)32)21(31)24(12,35)20(30)14(9)18(15)28/h5-6,9,12,16-17,19,29-30,35H,7-8H2,1-4H3,(H2,25,32)(H,33,34)/t9-,12-,16?,17-,19?,24-/m0/s1. The highest BCUT2D eigenvalue weighted by Gasteiger charge is 2.66. The molecule has 4 rings (SSSR count). The molecule has 2 unspecified atom stereocenters. The maximum absolute atomic E-state index is 13.7. The van der Waals surface area contributed by atoms with Gasteiger partial charge in [-0.25, -0.2) is 4.79 Å². The smallest absolute Gasteiger partial charge is 0.336 e. The van der Waals surface area contributed by atoms with Crippen LogP contribution < -0.4 is 10.6 Å². The molecule has 1 aromatic carbocycles. The molecule has 0 saturated heterocycles. The molecule has 188 valence electrons. The number of primary amides is 1. The lowest BCUT2D eigenvalue weighted by Crippen LogP contribution is -2.71. The Bertz CT molecular complexity index is 1190. The number of rotatable bonds is 4. The Morgan fingerprint density at radius 1 is 1.14 bits per heavy atom. The van der Waals surface area contributed by atoms with Gasteiger partial charge >= 0.3 is 5.97 Å². The Balaban J connectivity index is 1.98. The van der Waals surface area contributed by atoms with Gasteiger partial charge in [0.25, 0.3) is 0 Å². The third-order valence-corrected chi connectivity index (χ3v) is 7.69. The van der Waals surface area contributed by atoms with Crippen LogP contribution in [-0.2, 0) is 16.0 Å². The number of aliphatic hydroxyl groups excluding tert-OH is 2. The van der Waals surface area contributed by atoms with Crippen LogP contribution in [0.3, 0.4) is 0 Å². The number of hydrogen-bond donors (Lipinski definition) is 5. The first-order chi connectivity index (χ1) is 16.2. The van der Waals surface area contributed by atoms with Gasteiger partial charge in [0, 0.05) is 42.9 Å². The largest absolute Gasteiger partial charge is 0.508 e. The number of nitrogens with zero attached hydrogens (tertiary/aromatic N) is 2. The van der Waals surface area contributed by atoms with Crippen molar-refractivity contribution in [2.24, 2.45) is 23.5 Å². The number of carboxylic acid groups (broad SMARTS) is 1. The molecule has 0 aliphatic heterocycles. The van der Waals surface area contributed by atoms with Gasteiger partial charge in [0.15, 0.2) is 17.2 Å². The third-order valence-electron chi connectivity index (χ3n) is 7.69. The monoisotopic (exact) mass is 487 g/mol. The fourth-order valence-electron chi connectivity index (χ4n) is 6.20. The molecule has 1 aromatic rings. The van der Waals surface area contributed by atoms with Gasteiger partial charge in [0.2, 0.25) is 5.91 Å². The highest BCUT2D eigenvalue weighted by molar-refractivity contribution is 6.18. The Hall–Kier alpha value is -3.28.